The van der Waals surface area contributed by atoms with Crippen molar-refractivity contribution in [3.8, 4) is 17.1 Å². The van der Waals surface area contributed by atoms with E-state index < -0.39 is 5.97 Å². The summed E-state index contributed by atoms with van der Waals surface area (Å²) in [6.45, 7) is 0. The average molecular weight is 255 g/mol. The van der Waals surface area contributed by atoms with Crippen LogP contribution in [0.25, 0.3) is 17.1 Å². The summed E-state index contributed by atoms with van der Waals surface area (Å²) in [6.07, 6.45) is 1.53. The molecule has 94 valence electrons. The fourth-order valence-electron chi connectivity index (χ4n) is 1.75. The first-order valence-electron chi connectivity index (χ1n) is 5.55. The van der Waals surface area contributed by atoms with Gasteiger partial charge in [-0.2, -0.15) is 0 Å². The molecule has 0 aliphatic carbocycles. The number of aromatic carboxylic acids is 1. The van der Waals surface area contributed by atoms with E-state index in [1.54, 1.807) is 10.7 Å². The summed E-state index contributed by atoms with van der Waals surface area (Å²) >= 11 is 0. The van der Waals surface area contributed by atoms with Gasteiger partial charge in [0.1, 0.15) is 5.69 Å². The van der Waals surface area contributed by atoms with Crippen molar-refractivity contribution in [2.75, 3.05) is 0 Å². The van der Waals surface area contributed by atoms with E-state index in [0.29, 0.717) is 11.5 Å². The lowest BCUT2D eigenvalue weighted by Gasteiger charge is -2.03. The van der Waals surface area contributed by atoms with E-state index in [4.69, 9.17) is 9.52 Å². The molecule has 0 unspecified atom stereocenters. The molecule has 3 aromatic rings. The topological polar surface area (TPSA) is 81.1 Å². The van der Waals surface area contributed by atoms with E-state index in [0.717, 1.165) is 5.69 Å². The van der Waals surface area contributed by atoms with Crippen molar-refractivity contribution in [1.29, 1.82) is 0 Å². The zero-order valence-electron chi connectivity index (χ0n) is 9.72. The minimum absolute atomic E-state index is 0.115. The Morgan fingerprint density at radius 1 is 1.16 bits per heavy atom. The molecule has 2 heterocycles. The second-order valence-corrected chi connectivity index (χ2v) is 3.84. The minimum atomic E-state index is -1.11. The fourth-order valence-corrected chi connectivity index (χ4v) is 1.75. The second kappa shape index (κ2) is 4.41. The van der Waals surface area contributed by atoms with Gasteiger partial charge in [0.25, 0.3) is 0 Å². The molecule has 0 atom stereocenters. The van der Waals surface area contributed by atoms with Crippen LogP contribution in [0, 0.1) is 0 Å². The number of carboxylic acids is 1. The van der Waals surface area contributed by atoms with Crippen molar-refractivity contribution >= 4 is 5.97 Å². The number of aromatic nitrogens is 3. The summed E-state index contributed by atoms with van der Waals surface area (Å²) in [6, 6.07) is 12.4. The van der Waals surface area contributed by atoms with Crippen LogP contribution in [-0.4, -0.2) is 26.1 Å². The van der Waals surface area contributed by atoms with Crippen LogP contribution in [-0.2, 0) is 0 Å². The SMILES string of the molecule is O=C(O)c1ccc(-c2cnnn2-c2ccccc2)o1. The number of carboxylic acid groups (broad SMARTS) is 1. The molecule has 1 N–H and O–H groups in total. The Kier molecular flexibility index (Phi) is 2.60. The van der Waals surface area contributed by atoms with Crippen molar-refractivity contribution in [1.82, 2.24) is 15.0 Å². The van der Waals surface area contributed by atoms with Crippen LogP contribution in [0.2, 0.25) is 0 Å². The standard InChI is InChI=1S/C13H9N3O3/c17-13(18)12-7-6-11(19-12)10-8-14-15-16(10)9-4-2-1-3-5-9/h1-8H,(H,17,18). The van der Waals surface area contributed by atoms with Gasteiger partial charge >= 0.3 is 5.97 Å². The highest BCUT2D eigenvalue weighted by molar-refractivity contribution is 5.85. The minimum Gasteiger partial charge on any atom is -0.475 e. The average Bonchev–Trinajstić information content (AvgIpc) is 3.08. The van der Waals surface area contributed by atoms with Gasteiger partial charge in [0, 0.05) is 0 Å². The maximum atomic E-state index is 10.8. The summed E-state index contributed by atoms with van der Waals surface area (Å²) in [4.78, 5) is 10.8. The van der Waals surface area contributed by atoms with Gasteiger partial charge in [-0.15, -0.1) is 5.10 Å². The van der Waals surface area contributed by atoms with Gasteiger partial charge in [0.2, 0.25) is 5.76 Å². The number of nitrogens with zero attached hydrogens (tertiary/aromatic N) is 3. The van der Waals surface area contributed by atoms with Crippen molar-refractivity contribution in [3.05, 3.63) is 54.4 Å². The van der Waals surface area contributed by atoms with Gasteiger partial charge < -0.3 is 9.52 Å². The predicted molar refractivity (Wildman–Crippen MR) is 66.0 cm³/mol. The van der Waals surface area contributed by atoms with Gasteiger partial charge in [0.05, 0.1) is 11.9 Å². The molecule has 0 bridgehead atoms. The van der Waals surface area contributed by atoms with Crippen LogP contribution in [0.3, 0.4) is 0 Å². The smallest absolute Gasteiger partial charge is 0.371 e. The molecular weight excluding hydrogens is 246 g/mol. The van der Waals surface area contributed by atoms with Gasteiger partial charge in [-0.3, -0.25) is 0 Å². The van der Waals surface area contributed by atoms with Gasteiger partial charge in [-0.25, -0.2) is 9.48 Å². The molecule has 0 amide bonds. The normalized spacial score (nSPS) is 10.5. The van der Waals surface area contributed by atoms with Crippen LogP contribution in [0.4, 0.5) is 0 Å². The van der Waals surface area contributed by atoms with E-state index in [9.17, 15) is 4.79 Å². The lowest BCUT2D eigenvalue weighted by atomic mass is 10.3. The molecule has 0 spiro atoms. The number of benzene rings is 1. The largest absolute Gasteiger partial charge is 0.475 e. The monoisotopic (exact) mass is 255 g/mol. The summed E-state index contributed by atoms with van der Waals surface area (Å²) in [7, 11) is 0. The predicted octanol–water partition coefficient (Wildman–Crippen LogP) is 2.23. The number of furan rings is 1. The molecule has 0 aliphatic rings. The Morgan fingerprint density at radius 2 is 1.95 bits per heavy atom. The maximum Gasteiger partial charge on any atom is 0.371 e. The third-order valence-corrected chi connectivity index (χ3v) is 2.62. The molecular formula is C13H9N3O3. The molecule has 0 saturated heterocycles. The van der Waals surface area contributed by atoms with Crippen molar-refractivity contribution in [2.24, 2.45) is 0 Å². The highest BCUT2D eigenvalue weighted by Crippen LogP contribution is 2.23. The van der Waals surface area contributed by atoms with Crippen molar-refractivity contribution in [2.45, 2.75) is 0 Å². The first kappa shape index (κ1) is 11.2. The van der Waals surface area contributed by atoms with E-state index >= 15 is 0 Å². The third kappa shape index (κ3) is 1.99. The van der Waals surface area contributed by atoms with Crippen molar-refractivity contribution < 1.29 is 14.3 Å². The number of rotatable bonds is 3. The molecule has 6 nitrogen and oxygen atoms in total. The van der Waals surface area contributed by atoms with Crippen LogP contribution >= 0.6 is 0 Å². The van der Waals surface area contributed by atoms with Crippen LogP contribution in [0.5, 0.6) is 0 Å². The lowest BCUT2D eigenvalue weighted by molar-refractivity contribution is 0.0663. The zero-order chi connectivity index (χ0) is 13.2. The number of carbonyl (C=O) groups is 1. The number of hydrogen-bond acceptors (Lipinski definition) is 4. The Bertz CT molecular complexity index is 716. The summed E-state index contributed by atoms with van der Waals surface area (Å²) in [5, 5.41) is 16.7. The molecule has 0 saturated carbocycles. The van der Waals surface area contributed by atoms with Crippen molar-refractivity contribution in [3.63, 3.8) is 0 Å². The molecule has 1 aromatic carbocycles. The molecule has 2 aromatic heterocycles. The maximum absolute atomic E-state index is 10.8. The molecule has 0 aliphatic heterocycles. The van der Waals surface area contributed by atoms with Gasteiger partial charge in [-0.1, -0.05) is 23.4 Å². The van der Waals surface area contributed by atoms with Gasteiger partial charge in [0.15, 0.2) is 5.76 Å². The molecule has 6 heteroatoms. The summed E-state index contributed by atoms with van der Waals surface area (Å²) < 4.78 is 6.84. The third-order valence-electron chi connectivity index (χ3n) is 2.62. The van der Waals surface area contributed by atoms with E-state index in [1.165, 1.54) is 12.3 Å². The first-order valence-corrected chi connectivity index (χ1v) is 5.55. The Labute approximate surface area is 107 Å². The zero-order valence-corrected chi connectivity index (χ0v) is 9.72. The quantitative estimate of drug-likeness (QED) is 0.776. The Balaban J connectivity index is 2.07. The lowest BCUT2D eigenvalue weighted by Crippen LogP contribution is -1.98. The first-order chi connectivity index (χ1) is 9.25. The number of para-hydroxylation sites is 1. The molecule has 0 fully saturated rings. The molecule has 3 rings (SSSR count). The highest BCUT2D eigenvalue weighted by atomic mass is 16.4. The number of hydrogen-bond donors (Lipinski definition) is 1. The Hall–Kier alpha value is -2.89. The highest BCUT2D eigenvalue weighted by Gasteiger charge is 2.15. The van der Waals surface area contributed by atoms with Crippen LogP contribution in [0.1, 0.15) is 10.6 Å². The Morgan fingerprint density at radius 3 is 2.63 bits per heavy atom. The fraction of sp³-hybridized carbons (Fsp3) is 0. The summed E-state index contributed by atoms with van der Waals surface area (Å²) in [5.74, 6) is -0.813. The van der Waals surface area contributed by atoms with E-state index in [-0.39, 0.29) is 5.76 Å². The van der Waals surface area contributed by atoms with Crippen LogP contribution in [0.15, 0.2) is 53.1 Å². The van der Waals surface area contributed by atoms with E-state index in [1.807, 2.05) is 30.3 Å². The molecule has 19 heavy (non-hydrogen) atoms. The van der Waals surface area contributed by atoms with Crippen LogP contribution < -0.4 is 0 Å². The second-order valence-electron chi connectivity index (χ2n) is 3.84. The molecule has 0 radical (unpaired) electrons. The summed E-state index contributed by atoms with van der Waals surface area (Å²) in [5.41, 5.74) is 1.42. The van der Waals surface area contributed by atoms with E-state index in [2.05, 4.69) is 10.3 Å². The van der Waals surface area contributed by atoms with Gasteiger partial charge in [-0.05, 0) is 24.3 Å².